The molecule has 2 aromatic rings. The van der Waals surface area contributed by atoms with Crippen molar-refractivity contribution in [2.24, 2.45) is 0 Å². The number of aryl methyl sites for hydroxylation is 1. The fourth-order valence-corrected chi connectivity index (χ4v) is 1.90. The maximum atomic E-state index is 12.3. The third-order valence-electron chi connectivity index (χ3n) is 3.25. The van der Waals surface area contributed by atoms with E-state index in [-0.39, 0.29) is 11.3 Å². The topological polar surface area (TPSA) is 96.7 Å². The summed E-state index contributed by atoms with van der Waals surface area (Å²) in [6, 6.07) is 3.38. The molecular weight excluding hydrogens is 266 g/mol. The molecule has 0 saturated heterocycles. The van der Waals surface area contributed by atoms with Crippen molar-refractivity contribution < 1.29 is 4.79 Å². The summed E-state index contributed by atoms with van der Waals surface area (Å²) in [5.41, 5.74) is 8.87. The van der Waals surface area contributed by atoms with Gasteiger partial charge in [-0.05, 0) is 19.1 Å². The minimum Gasteiger partial charge on any atom is -0.384 e. The molecule has 0 spiro atoms. The molecule has 2 rings (SSSR count). The van der Waals surface area contributed by atoms with E-state index in [2.05, 4.69) is 20.5 Å². The summed E-state index contributed by atoms with van der Waals surface area (Å²) in [6.07, 6.45) is 1.71. The highest BCUT2D eigenvalue weighted by Crippen LogP contribution is 2.22. The van der Waals surface area contributed by atoms with Gasteiger partial charge in [0.2, 0.25) is 0 Å². The van der Waals surface area contributed by atoms with Crippen molar-refractivity contribution in [2.45, 2.75) is 39.7 Å². The number of nitrogens with zero attached hydrogens (tertiary/aromatic N) is 2. The lowest BCUT2D eigenvalue weighted by Gasteiger charge is -2.19. The predicted molar refractivity (Wildman–Crippen MR) is 81.8 cm³/mol. The molecule has 0 radical (unpaired) electrons. The van der Waals surface area contributed by atoms with Gasteiger partial charge in [-0.2, -0.15) is 5.10 Å². The Morgan fingerprint density at radius 3 is 2.67 bits per heavy atom. The number of anilines is 1. The average molecular weight is 287 g/mol. The minimum atomic E-state index is -0.171. The number of hydrogen-bond donors (Lipinski definition) is 3. The largest absolute Gasteiger partial charge is 0.384 e. The molecule has 6 heteroatoms. The molecule has 0 aromatic carbocycles. The summed E-state index contributed by atoms with van der Waals surface area (Å²) in [5.74, 6) is 0.183. The van der Waals surface area contributed by atoms with Crippen LogP contribution < -0.4 is 11.1 Å². The Bertz CT molecular complexity index is 654. The number of nitrogen functional groups attached to an aromatic ring is 1. The van der Waals surface area contributed by atoms with Crippen molar-refractivity contribution in [3.63, 3.8) is 0 Å². The van der Waals surface area contributed by atoms with Crippen LogP contribution in [0.5, 0.6) is 0 Å². The van der Waals surface area contributed by atoms with Gasteiger partial charge in [-0.15, -0.1) is 0 Å². The Balaban J connectivity index is 2.16. The molecule has 21 heavy (non-hydrogen) atoms. The first-order valence-electron chi connectivity index (χ1n) is 6.82. The van der Waals surface area contributed by atoms with Gasteiger partial charge in [-0.25, -0.2) is 4.98 Å². The average Bonchev–Trinajstić information content (AvgIpc) is 2.79. The summed E-state index contributed by atoms with van der Waals surface area (Å²) >= 11 is 0. The van der Waals surface area contributed by atoms with Crippen LogP contribution in [-0.4, -0.2) is 21.1 Å². The van der Waals surface area contributed by atoms with Gasteiger partial charge in [0.25, 0.3) is 5.91 Å². The maximum absolute atomic E-state index is 12.3. The summed E-state index contributed by atoms with van der Waals surface area (Å²) in [6.45, 7) is 8.44. The van der Waals surface area contributed by atoms with Gasteiger partial charge in [-0.1, -0.05) is 20.8 Å². The third-order valence-corrected chi connectivity index (χ3v) is 3.25. The highest BCUT2D eigenvalue weighted by atomic mass is 16.1. The van der Waals surface area contributed by atoms with Crippen molar-refractivity contribution in [3.05, 3.63) is 40.8 Å². The lowest BCUT2D eigenvalue weighted by Crippen LogP contribution is -2.24. The summed E-state index contributed by atoms with van der Waals surface area (Å²) < 4.78 is 0. The number of nitrogens with one attached hydrogen (secondary N) is 2. The normalized spacial score (nSPS) is 11.4. The SMILES string of the molecule is Cc1[nH]ncc1CNC(=O)c1cc(N)nc(C(C)(C)C)c1. The molecule has 2 heterocycles. The molecule has 2 aromatic heterocycles. The van der Waals surface area contributed by atoms with Crippen LogP contribution >= 0.6 is 0 Å². The van der Waals surface area contributed by atoms with Gasteiger partial charge in [-0.3, -0.25) is 9.89 Å². The predicted octanol–water partition coefficient (Wildman–Crippen LogP) is 1.92. The summed E-state index contributed by atoms with van der Waals surface area (Å²) in [4.78, 5) is 16.6. The van der Waals surface area contributed by atoms with E-state index in [1.54, 1.807) is 18.3 Å². The second kappa shape index (κ2) is 5.55. The van der Waals surface area contributed by atoms with Crippen LogP contribution in [0.3, 0.4) is 0 Å². The maximum Gasteiger partial charge on any atom is 0.251 e. The zero-order chi connectivity index (χ0) is 15.6. The van der Waals surface area contributed by atoms with Gasteiger partial charge < -0.3 is 11.1 Å². The molecule has 0 saturated carbocycles. The van der Waals surface area contributed by atoms with E-state index < -0.39 is 0 Å². The lowest BCUT2D eigenvalue weighted by molar-refractivity contribution is 0.0950. The molecule has 6 nitrogen and oxygen atoms in total. The minimum absolute atomic E-state index is 0.161. The number of H-pyrrole nitrogens is 1. The number of rotatable bonds is 3. The van der Waals surface area contributed by atoms with Crippen LogP contribution in [0.2, 0.25) is 0 Å². The Labute approximate surface area is 124 Å². The van der Waals surface area contributed by atoms with Crippen molar-refractivity contribution in [1.29, 1.82) is 0 Å². The van der Waals surface area contributed by atoms with Gasteiger partial charge in [0.05, 0.1) is 6.20 Å². The summed E-state index contributed by atoms with van der Waals surface area (Å²) in [7, 11) is 0. The molecule has 0 unspecified atom stereocenters. The number of carbonyl (C=O) groups excluding carboxylic acids is 1. The fourth-order valence-electron chi connectivity index (χ4n) is 1.90. The molecule has 0 aliphatic carbocycles. The van der Waals surface area contributed by atoms with Crippen LogP contribution in [0.4, 0.5) is 5.82 Å². The van der Waals surface area contributed by atoms with Crippen LogP contribution in [0.25, 0.3) is 0 Å². The molecule has 0 aliphatic rings. The standard InChI is InChI=1S/C15H21N5O/c1-9-11(8-18-20-9)7-17-14(21)10-5-12(15(2,3)4)19-13(16)6-10/h5-6,8H,7H2,1-4H3,(H2,16,19)(H,17,21)(H,18,20). The highest BCUT2D eigenvalue weighted by Gasteiger charge is 2.18. The Hall–Kier alpha value is -2.37. The molecule has 0 fully saturated rings. The van der Waals surface area contributed by atoms with E-state index in [0.29, 0.717) is 17.9 Å². The number of nitrogens with two attached hydrogens (primary N) is 1. The molecule has 4 N–H and O–H groups in total. The monoisotopic (exact) mass is 287 g/mol. The number of pyridine rings is 1. The third kappa shape index (κ3) is 3.59. The second-order valence-electron chi connectivity index (χ2n) is 6.12. The van der Waals surface area contributed by atoms with Crippen molar-refractivity contribution in [1.82, 2.24) is 20.5 Å². The first kappa shape index (κ1) is 15.0. The first-order chi connectivity index (χ1) is 9.77. The number of carbonyl (C=O) groups is 1. The Morgan fingerprint density at radius 2 is 2.10 bits per heavy atom. The van der Waals surface area contributed by atoms with Gasteiger partial charge in [0, 0.05) is 34.5 Å². The van der Waals surface area contributed by atoms with E-state index in [9.17, 15) is 4.79 Å². The van der Waals surface area contributed by atoms with Gasteiger partial charge in [0.1, 0.15) is 5.82 Å². The number of hydrogen-bond acceptors (Lipinski definition) is 4. The Morgan fingerprint density at radius 1 is 1.38 bits per heavy atom. The van der Waals surface area contributed by atoms with Crippen LogP contribution in [0.1, 0.15) is 48.1 Å². The zero-order valence-corrected chi connectivity index (χ0v) is 12.8. The van der Waals surface area contributed by atoms with Crippen LogP contribution in [-0.2, 0) is 12.0 Å². The van der Waals surface area contributed by atoms with Crippen molar-refractivity contribution in [3.8, 4) is 0 Å². The van der Waals surface area contributed by atoms with Crippen molar-refractivity contribution in [2.75, 3.05) is 5.73 Å². The van der Waals surface area contributed by atoms with E-state index in [0.717, 1.165) is 17.0 Å². The zero-order valence-electron chi connectivity index (χ0n) is 12.8. The Kier molecular flexibility index (Phi) is 3.97. The van der Waals surface area contributed by atoms with E-state index in [4.69, 9.17) is 5.73 Å². The number of aromatic amines is 1. The number of aromatic nitrogens is 3. The van der Waals surface area contributed by atoms with E-state index >= 15 is 0 Å². The second-order valence-corrected chi connectivity index (χ2v) is 6.12. The van der Waals surface area contributed by atoms with Crippen LogP contribution in [0, 0.1) is 6.92 Å². The molecule has 112 valence electrons. The van der Waals surface area contributed by atoms with E-state index in [1.165, 1.54) is 0 Å². The molecule has 0 atom stereocenters. The van der Waals surface area contributed by atoms with Crippen molar-refractivity contribution >= 4 is 11.7 Å². The highest BCUT2D eigenvalue weighted by molar-refractivity contribution is 5.94. The van der Waals surface area contributed by atoms with Gasteiger partial charge >= 0.3 is 0 Å². The van der Waals surface area contributed by atoms with E-state index in [1.807, 2.05) is 27.7 Å². The number of amides is 1. The first-order valence-corrected chi connectivity index (χ1v) is 6.82. The van der Waals surface area contributed by atoms with Crippen LogP contribution in [0.15, 0.2) is 18.3 Å². The molecule has 1 amide bonds. The molecule has 0 bridgehead atoms. The fraction of sp³-hybridized carbons (Fsp3) is 0.400. The molecular formula is C15H21N5O. The lowest BCUT2D eigenvalue weighted by atomic mass is 9.90. The molecule has 0 aliphatic heterocycles. The van der Waals surface area contributed by atoms with Gasteiger partial charge in [0.15, 0.2) is 0 Å². The smallest absolute Gasteiger partial charge is 0.251 e. The quantitative estimate of drug-likeness (QED) is 0.803. The summed E-state index contributed by atoms with van der Waals surface area (Å²) in [5, 5.41) is 9.63.